The number of aromatic amines is 2. The van der Waals surface area contributed by atoms with Gasteiger partial charge < -0.3 is 21.4 Å². The van der Waals surface area contributed by atoms with Crippen LogP contribution in [0.25, 0.3) is 11.0 Å². The molecule has 5 rings (SSSR count). The minimum absolute atomic E-state index is 0.378. The molecule has 10 heteroatoms. The summed E-state index contributed by atoms with van der Waals surface area (Å²) in [7, 11) is 0. The van der Waals surface area contributed by atoms with Gasteiger partial charge >= 0.3 is 0 Å². The van der Waals surface area contributed by atoms with Gasteiger partial charge in [0.2, 0.25) is 5.95 Å². The molecule has 4 aromatic rings. The van der Waals surface area contributed by atoms with E-state index in [1.165, 1.54) is 12.8 Å². The molecule has 0 spiro atoms. The van der Waals surface area contributed by atoms with Crippen molar-refractivity contribution in [2.75, 3.05) is 10.6 Å². The molecule has 6 N–H and O–H groups in total. The van der Waals surface area contributed by atoms with E-state index in [1.54, 1.807) is 18.5 Å². The molecule has 0 aliphatic heterocycles. The average molecular weight is 362 g/mol. The molecule has 1 aliphatic rings. The van der Waals surface area contributed by atoms with Crippen LogP contribution >= 0.6 is 0 Å². The lowest BCUT2D eigenvalue weighted by Crippen LogP contribution is -2.23. The Morgan fingerprint density at radius 3 is 2.96 bits per heavy atom. The molecule has 0 aromatic carbocycles. The fourth-order valence-corrected chi connectivity index (χ4v) is 2.84. The molecule has 27 heavy (non-hydrogen) atoms. The fourth-order valence-electron chi connectivity index (χ4n) is 2.84. The zero-order chi connectivity index (χ0) is 18.2. The van der Waals surface area contributed by atoms with Crippen LogP contribution in [0.5, 0.6) is 0 Å². The predicted octanol–water partition coefficient (Wildman–Crippen LogP) is 2.16. The molecule has 1 fully saturated rings. The monoisotopic (exact) mass is 362 g/mol. The summed E-state index contributed by atoms with van der Waals surface area (Å²) >= 11 is 0. The van der Waals surface area contributed by atoms with Gasteiger partial charge in [-0.25, -0.2) is 15.0 Å². The molecular weight excluding hydrogens is 344 g/mol. The molecule has 4 heterocycles. The van der Waals surface area contributed by atoms with Gasteiger partial charge in [0.15, 0.2) is 11.6 Å². The van der Waals surface area contributed by atoms with Crippen molar-refractivity contribution in [3.05, 3.63) is 48.3 Å². The molecule has 1 aliphatic carbocycles. The third-order valence-electron chi connectivity index (χ3n) is 4.41. The first-order chi connectivity index (χ1) is 13.2. The number of rotatable bonds is 6. The highest BCUT2D eigenvalue weighted by atomic mass is 15.2. The second kappa shape index (κ2) is 6.32. The van der Waals surface area contributed by atoms with Crippen molar-refractivity contribution in [1.82, 2.24) is 35.1 Å². The molecule has 10 nitrogen and oxygen atoms in total. The molecule has 136 valence electrons. The third-order valence-corrected chi connectivity index (χ3v) is 4.41. The molecule has 1 atom stereocenters. The first-order valence-corrected chi connectivity index (χ1v) is 8.72. The van der Waals surface area contributed by atoms with E-state index in [-0.39, 0.29) is 0 Å². The summed E-state index contributed by atoms with van der Waals surface area (Å²) in [5.41, 5.74) is 8.99. The van der Waals surface area contributed by atoms with Crippen molar-refractivity contribution in [1.29, 1.82) is 0 Å². The normalized spacial score (nSPS) is 15.0. The first-order valence-electron chi connectivity index (χ1n) is 8.72. The predicted molar refractivity (Wildman–Crippen MR) is 100 cm³/mol. The van der Waals surface area contributed by atoms with Crippen LogP contribution in [0.2, 0.25) is 0 Å². The number of anilines is 3. The van der Waals surface area contributed by atoms with Gasteiger partial charge in [-0.1, -0.05) is 0 Å². The van der Waals surface area contributed by atoms with Crippen LogP contribution in [0.1, 0.15) is 36.4 Å². The van der Waals surface area contributed by atoms with Crippen molar-refractivity contribution in [2.24, 2.45) is 5.73 Å². The summed E-state index contributed by atoms with van der Waals surface area (Å²) in [5.74, 6) is 2.81. The van der Waals surface area contributed by atoms with Crippen LogP contribution in [0.3, 0.4) is 0 Å². The van der Waals surface area contributed by atoms with E-state index in [4.69, 9.17) is 5.73 Å². The molecular formula is C17H18N10. The number of nitrogens with one attached hydrogen (secondary N) is 4. The van der Waals surface area contributed by atoms with Gasteiger partial charge in [-0.05, 0) is 25.0 Å². The Morgan fingerprint density at radius 2 is 2.07 bits per heavy atom. The Balaban J connectivity index is 1.30. The summed E-state index contributed by atoms with van der Waals surface area (Å²) in [6.45, 7) is 0. The minimum atomic E-state index is -0.633. The average Bonchev–Trinajstić information content (AvgIpc) is 3.23. The van der Waals surface area contributed by atoms with E-state index in [0.717, 1.165) is 22.5 Å². The van der Waals surface area contributed by atoms with Gasteiger partial charge in [0, 0.05) is 30.1 Å². The highest BCUT2D eigenvalue weighted by Crippen LogP contribution is 2.39. The van der Waals surface area contributed by atoms with Crippen molar-refractivity contribution in [2.45, 2.75) is 24.9 Å². The zero-order valence-corrected chi connectivity index (χ0v) is 14.3. The molecule has 1 saturated carbocycles. The smallest absolute Gasteiger partial charge is 0.226 e. The summed E-state index contributed by atoms with van der Waals surface area (Å²) < 4.78 is 0. The molecule has 0 bridgehead atoms. The van der Waals surface area contributed by atoms with Crippen LogP contribution in [0, 0.1) is 0 Å². The van der Waals surface area contributed by atoms with Gasteiger partial charge in [-0.15, -0.1) is 0 Å². The summed E-state index contributed by atoms with van der Waals surface area (Å²) in [6.07, 6.45) is 6.97. The standard InChI is InChI=1S/C17H18N10/c18-15(16-21-8-12-10(22-16)3-5-19-12)25-17-20-6-4-13(24-17)23-14-7-11(26-27-14)9-1-2-9/h3-9,15,19H,1-2,18H2,(H3,20,23,24,25,26,27)/t15-/m0/s1. The van der Waals surface area contributed by atoms with Crippen molar-refractivity contribution in [3.8, 4) is 0 Å². The van der Waals surface area contributed by atoms with Crippen molar-refractivity contribution < 1.29 is 0 Å². The zero-order valence-electron chi connectivity index (χ0n) is 14.3. The summed E-state index contributed by atoms with van der Waals surface area (Å²) in [6, 6.07) is 5.65. The van der Waals surface area contributed by atoms with E-state index < -0.39 is 6.17 Å². The van der Waals surface area contributed by atoms with E-state index in [9.17, 15) is 0 Å². The lowest BCUT2D eigenvalue weighted by atomic mass is 10.3. The minimum Gasteiger partial charge on any atom is -0.359 e. The number of nitrogens with zero attached hydrogens (tertiary/aromatic N) is 5. The Hall–Kier alpha value is -3.53. The summed E-state index contributed by atoms with van der Waals surface area (Å²) in [5, 5.41) is 13.5. The van der Waals surface area contributed by atoms with Crippen LogP contribution in [-0.4, -0.2) is 35.1 Å². The number of hydrogen-bond acceptors (Lipinski definition) is 8. The number of fused-ring (bicyclic) bond motifs is 1. The van der Waals surface area contributed by atoms with Gasteiger partial charge in [0.25, 0.3) is 0 Å². The fraction of sp³-hybridized carbons (Fsp3) is 0.235. The van der Waals surface area contributed by atoms with Gasteiger partial charge in [-0.3, -0.25) is 5.10 Å². The van der Waals surface area contributed by atoms with Gasteiger partial charge in [0.1, 0.15) is 12.0 Å². The Bertz CT molecular complexity index is 1080. The maximum Gasteiger partial charge on any atom is 0.226 e. The van der Waals surface area contributed by atoms with Crippen LogP contribution < -0.4 is 16.4 Å². The van der Waals surface area contributed by atoms with E-state index in [0.29, 0.717) is 23.5 Å². The molecule has 4 aromatic heterocycles. The van der Waals surface area contributed by atoms with Crippen molar-refractivity contribution in [3.63, 3.8) is 0 Å². The maximum absolute atomic E-state index is 6.17. The van der Waals surface area contributed by atoms with Crippen LogP contribution in [0.15, 0.2) is 36.8 Å². The molecule has 0 amide bonds. The molecule has 0 unspecified atom stereocenters. The Kier molecular flexibility index (Phi) is 3.68. The van der Waals surface area contributed by atoms with Crippen LogP contribution in [0.4, 0.5) is 17.6 Å². The topological polar surface area (TPSA) is 146 Å². The molecule has 0 saturated heterocycles. The SMILES string of the molecule is N[C@@H](Nc1nccc(Nc2cc(C3CC3)[nH]n2)n1)c1ncc2[nH]ccc2n1. The largest absolute Gasteiger partial charge is 0.359 e. The number of nitrogens with two attached hydrogens (primary N) is 1. The van der Waals surface area contributed by atoms with Crippen LogP contribution in [-0.2, 0) is 0 Å². The lowest BCUT2D eigenvalue weighted by molar-refractivity contribution is 0.750. The quantitative estimate of drug-likeness (QED) is 0.328. The van der Waals surface area contributed by atoms with E-state index >= 15 is 0 Å². The second-order valence-electron chi connectivity index (χ2n) is 6.50. The van der Waals surface area contributed by atoms with E-state index in [1.807, 2.05) is 18.3 Å². The number of aromatic nitrogens is 7. The highest BCUT2D eigenvalue weighted by molar-refractivity contribution is 5.73. The van der Waals surface area contributed by atoms with Crippen molar-refractivity contribution >= 4 is 28.6 Å². The lowest BCUT2D eigenvalue weighted by Gasteiger charge is -2.13. The Morgan fingerprint density at radius 1 is 1.15 bits per heavy atom. The highest BCUT2D eigenvalue weighted by Gasteiger charge is 2.25. The summed E-state index contributed by atoms with van der Waals surface area (Å²) in [4.78, 5) is 20.4. The Labute approximate surface area is 154 Å². The van der Waals surface area contributed by atoms with Gasteiger partial charge in [-0.2, -0.15) is 10.1 Å². The van der Waals surface area contributed by atoms with E-state index in [2.05, 4.69) is 45.8 Å². The number of hydrogen-bond donors (Lipinski definition) is 5. The molecule has 0 radical (unpaired) electrons. The van der Waals surface area contributed by atoms with Gasteiger partial charge in [0.05, 0.1) is 17.2 Å². The first kappa shape index (κ1) is 15.7. The maximum atomic E-state index is 6.17. The number of H-pyrrole nitrogens is 2. The third kappa shape index (κ3) is 3.29. The second-order valence-corrected chi connectivity index (χ2v) is 6.50.